The maximum atomic E-state index is 14.2. The quantitative estimate of drug-likeness (QED) is 0.480. The largest absolute Gasteiger partial charge is 0.488 e. The summed E-state index contributed by atoms with van der Waals surface area (Å²) in [5.41, 5.74) is 2.26. The molecule has 0 radical (unpaired) electrons. The van der Waals surface area contributed by atoms with Crippen molar-refractivity contribution in [3.8, 4) is 11.5 Å². The number of aryl methyl sites for hydroxylation is 2. The number of carbonyl (C=O) groups excluding carboxylic acids is 1. The Morgan fingerprint density at radius 1 is 1.08 bits per heavy atom. The molecule has 2 aromatic rings. The minimum Gasteiger partial charge on any atom is -0.488 e. The molecular weight excluding hydrogens is 343 g/mol. The van der Waals surface area contributed by atoms with Gasteiger partial charge in [0.2, 0.25) is 0 Å². The Hall–Kier alpha value is -2.07. The molecule has 134 valence electrons. The Bertz CT molecular complexity index is 759. The van der Waals surface area contributed by atoms with Crippen molar-refractivity contribution in [2.45, 2.75) is 46.6 Å². The van der Waals surface area contributed by atoms with Crippen LogP contribution in [-0.4, -0.2) is 5.97 Å². The predicted molar refractivity (Wildman–Crippen MR) is 96.9 cm³/mol. The van der Waals surface area contributed by atoms with Crippen LogP contribution < -0.4 is 9.47 Å². The lowest BCUT2D eigenvalue weighted by molar-refractivity contribution is -0.134. The van der Waals surface area contributed by atoms with E-state index in [1.165, 1.54) is 12.1 Å². The first-order valence-corrected chi connectivity index (χ1v) is 8.80. The van der Waals surface area contributed by atoms with Crippen molar-refractivity contribution < 1.29 is 18.7 Å². The van der Waals surface area contributed by atoms with E-state index < -0.39 is 11.8 Å². The standard InChI is InChI=1S/C20H22ClFO3/c1-4-13-10-14(5-2)19(11-16(13)21)24-12-15-17(22)8-7-9-18(15)25-20(23)6-3/h7-11H,4-6,12H2,1-3H3. The second-order valence-corrected chi connectivity index (χ2v) is 6.00. The zero-order chi connectivity index (χ0) is 18.4. The molecule has 5 heteroatoms. The first-order valence-electron chi connectivity index (χ1n) is 8.42. The lowest BCUT2D eigenvalue weighted by Gasteiger charge is -2.15. The van der Waals surface area contributed by atoms with Gasteiger partial charge in [-0.1, -0.05) is 44.5 Å². The fraction of sp³-hybridized carbons (Fsp3) is 0.350. The fourth-order valence-corrected chi connectivity index (χ4v) is 2.74. The molecule has 0 bridgehead atoms. The average Bonchev–Trinajstić information content (AvgIpc) is 2.61. The second kappa shape index (κ2) is 8.86. The first kappa shape index (κ1) is 19.3. The molecule has 0 aromatic heterocycles. The number of carbonyl (C=O) groups is 1. The molecule has 3 nitrogen and oxygen atoms in total. The number of esters is 1. The highest BCUT2D eigenvalue weighted by molar-refractivity contribution is 6.31. The minimum absolute atomic E-state index is 0.0478. The predicted octanol–water partition coefficient (Wildman–Crippen LogP) is 5.50. The summed E-state index contributed by atoms with van der Waals surface area (Å²) in [6.45, 7) is 5.69. The third kappa shape index (κ3) is 4.73. The molecule has 2 rings (SSSR count). The fourth-order valence-electron chi connectivity index (χ4n) is 2.45. The normalized spacial score (nSPS) is 10.6. The summed E-state index contributed by atoms with van der Waals surface area (Å²) in [4.78, 5) is 11.5. The number of rotatable bonds is 7. The molecule has 0 aliphatic carbocycles. The monoisotopic (exact) mass is 364 g/mol. The van der Waals surface area contributed by atoms with E-state index in [1.54, 1.807) is 19.1 Å². The first-order chi connectivity index (χ1) is 12.0. The number of benzene rings is 2. The van der Waals surface area contributed by atoms with E-state index in [1.807, 2.05) is 19.9 Å². The second-order valence-electron chi connectivity index (χ2n) is 5.59. The van der Waals surface area contributed by atoms with E-state index in [2.05, 4.69) is 0 Å². The van der Waals surface area contributed by atoms with Crippen LogP contribution in [0.5, 0.6) is 11.5 Å². The number of hydrogen-bond acceptors (Lipinski definition) is 3. The lowest BCUT2D eigenvalue weighted by Crippen LogP contribution is -2.10. The van der Waals surface area contributed by atoms with Crippen LogP contribution in [0.1, 0.15) is 43.9 Å². The van der Waals surface area contributed by atoms with Crippen molar-refractivity contribution >= 4 is 17.6 Å². The number of halogens is 2. The Balaban J connectivity index is 2.27. The van der Waals surface area contributed by atoms with Crippen LogP contribution >= 0.6 is 11.6 Å². The Morgan fingerprint density at radius 2 is 1.80 bits per heavy atom. The van der Waals surface area contributed by atoms with Gasteiger partial charge in [0.15, 0.2) is 0 Å². The average molecular weight is 365 g/mol. The molecule has 2 aromatic carbocycles. The molecule has 25 heavy (non-hydrogen) atoms. The van der Waals surface area contributed by atoms with Gasteiger partial charge in [0, 0.05) is 11.4 Å². The van der Waals surface area contributed by atoms with E-state index in [0.717, 1.165) is 24.0 Å². The molecule has 0 N–H and O–H groups in total. The van der Waals surface area contributed by atoms with Gasteiger partial charge in [-0.3, -0.25) is 4.79 Å². The highest BCUT2D eigenvalue weighted by Crippen LogP contribution is 2.30. The Labute approximate surface area is 152 Å². The smallest absolute Gasteiger partial charge is 0.310 e. The van der Waals surface area contributed by atoms with E-state index in [-0.39, 0.29) is 24.3 Å². The summed E-state index contributed by atoms with van der Waals surface area (Å²) < 4.78 is 25.2. The van der Waals surface area contributed by atoms with Crippen molar-refractivity contribution in [1.29, 1.82) is 0 Å². The maximum absolute atomic E-state index is 14.2. The van der Waals surface area contributed by atoms with Crippen LogP contribution in [0, 0.1) is 5.82 Å². The molecule has 0 aliphatic heterocycles. The minimum atomic E-state index is -0.476. The molecule has 0 aliphatic rings. The van der Waals surface area contributed by atoms with Crippen LogP contribution in [0.25, 0.3) is 0 Å². The molecule has 0 atom stereocenters. The van der Waals surface area contributed by atoms with E-state index in [9.17, 15) is 9.18 Å². The summed E-state index contributed by atoms with van der Waals surface area (Å²) in [7, 11) is 0. The van der Waals surface area contributed by atoms with Crippen molar-refractivity contribution in [1.82, 2.24) is 0 Å². The number of ether oxygens (including phenoxy) is 2. The van der Waals surface area contributed by atoms with Gasteiger partial charge in [-0.15, -0.1) is 0 Å². The van der Waals surface area contributed by atoms with E-state index in [0.29, 0.717) is 10.8 Å². The molecule has 0 unspecified atom stereocenters. The van der Waals surface area contributed by atoms with Crippen LogP contribution in [0.4, 0.5) is 4.39 Å². The zero-order valence-electron chi connectivity index (χ0n) is 14.7. The molecule has 0 heterocycles. The third-order valence-corrected chi connectivity index (χ3v) is 4.30. The van der Waals surface area contributed by atoms with Crippen LogP contribution in [-0.2, 0) is 24.2 Å². The van der Waals surface area contributed by atoms with Crippen LogP contribution in [0.3, 0.4) is 0 Å². The highest BCUT2D eigenvalue weighted by Gasteiger charge is 2.15. The van der Waals surface area contributed by atoms with Crippen molar-refractivity contribution in [2.75, 3.05) is 0 Å². The Kier molecular flexibility index (Phi) is 6.82. The molecule has 0 saturated carbocycles. The van der Waals surface area contributed by atoms with Crippen molar-refractivity contribution in [2.24, 2.45) is 0 Å². The summed E-state index contributed by atoms with van der Waals surface area (Å²) in [5.74, 6) is -0.103. The van der Waals surface area contributed by atoms with Gasteiger partial charge < -0.3 is 9.47 Å². The third-order valence-electron chi connectivity index (χ3n) is 3.95. The zero-order valence-corrected chi connectivity index (χ0v) is 15.5. The SMILES string of the molecule is CCC(=O)Oc1cccc(F)c1COc1cc(Cl)c(CC)cc1CC. The van der Waals surface area contributed by atoms with Gasteiger partial charge in [0.05, 0.1) is 5.56 Å². The molecule has 0 saturated heterocycles. The highest BCUT2D eigenvalue weighted by atomic mass is 35.5. The number of hydrogen-bond donors (Lipinski definition) is 0. The molecule has 0 amide bonds. The van der Waals surface area contributed by atoms with Gasteiger partial charge in [0.25, 0.3) is 0 Å². The van der Waals surface area contributed by atoms with Gasteiger partial charge in [-0.2, -0.15) is 0 Å². The van der Waals surface area contributed by atoms with Gasteiger partial charge in [0.1, 0.15) is 23.9 Å². The van der Waals surface area contributed by atoms with Crippen LogP contribution in [0.2, 0.25) is 5.02 Å². The Morgan fingerprint density at radius 3 is 2.44 bits per heavy atom. The summed E-state index contributed by atoms with van der Waals surface area (Å²) in [6, 6.07) is 8.15. The van der Waals surface area contributed by atoms with E-state index >= 15 is 0 Å². The van der Waals surface area contributed by atoms with Gasteiger partial charge >= 0.3 is 5.97 Å². The lowest BCUT2D eigenvalue weighted by atomic mass is 10.1. The van der Waals surface area contributed by atoms with Gasteiger partial charge in [-0.25, -0.2) is 4.39 Å². The maximum Gasteiger partial charge on any atom is 0.310 e. The van der Waals surface area contributed by atoms with Gasteiger partial charge in [-0.05, 0) is 42.2 Å². The molecular formula is C20H22ClFO3. The summed E-state index contributed by atoms with van der Waals surface area (Å²) in [5, 5.41) is 0.626. The van der Waals surface area contributed by atoms with Crippen molar-refractivity contribution in [3.63, 3.8) is 0 Å². The molecule has 0 fully saturated rings. The summed E-state index contributed by atoms with van der Waals surface area (Å²) in [6.07, 6.45) is 1.82. The molecule has 0 spiro atoms. The van der Waals surface area contributed by atoms with Crippen molar-refractivity contribution in [3.05, 3.63) is 57.9 Å². The topological polar surface area (TPSA) is 35.5 Å². The van der Waals surface area contributed by atoms with Crippen LogP contribution in [0.15, 0.2) is 30.3 Å². The van der Waals surface area contributed by atoms with E-state index in [4.69, 9.17) is 21.1 Å². The summed E-state index contributed by atoms with van der Waals surface area (Å²) >= 11 is 6.27.